The van der Waals surface area contributed by atoms with Crippen molar-refractivity contribution >= 4 is 17.6 Å². The van der Waals surface area contributed by atoms with Crippen molar-refractivity contribution in [3.8, 4) is 0 Å². The Balaban J connectivity index is 2.29. The second-order valence-electron chi connectivity index (χ2n) is 3.35. The molecule has 0 bridgehead atoms. The molecule has 18 heavy (non-hydrogen) atoms. The SMILES string of the molecule is NC(=O)c1ncc(C(=O)c2cnc(C(N)=O)[nH]2)[nH]1. The van der Waals surface area contributed by atoms with Crippen LogP contribution in [0.15, 0.2) is 12.4 Å². The number of nitrogens with one attached hydrogen (secondary N) is 2. The van der Waals surface area contributed by atoms with Gasteiger partial charge in [0.05, 0.1) is 12.4 Å². The summed E-state index contributed by atoms with van der Waals surface area (Å²) < 4.78 is 0. The van der Waals surface area contributed by atoms with Gasteiger partial charge in [-0.1, -0.05) is 0 Å². The molecule has 0 fully saturated rings. The Labute approximate surface area is 99.6 Å². The van der Waals surface area contributed by atoms with Crippen molar-refractivity contribution in [2.24, 2.45) is 11.5 Å². The Morgan fingerprint density at radius 2 is 1.28 bits per heavy atom. The number of amides is 2. The van der Waals surface area contributed by atoms with Crippen molar-refractivity contribution in [2.45, 2.75) is 0 Å². The van der Waals surface area contributed by atoms with Gasteiger partial charge in [-0.15, -0.1) is 0 Å². The largest absolute Gasteiger partial charge is 0.363 e. The lowest BCUT2D eigenvalue weighted by atomic mass is 10.2. The van der Waals surface area contributed by atoms with Gasteiger partial charge in [-0.25, -0.2) is 9.97 Å². The normalized spacial score (nSPS) is 10.2. The molecular formula is C9H8N6O3. The number of hydrogen-bond donors (Lipinski definition) is 4. The first-order valence-corrected chi connectivity index (χ1v) is 4.73. The summed E-state index contributed by atoms with van der Waals surface area (Å²) >= 11 is 0. The molecule has 0 unspecified atom stereocenters. The number of nitrogens with two attached hydrogens (primary N) is 2. The molecule has 92 valence electrons. The molecule has 2 heterocycles. The molecule has 0 saturated carbocycles. The lowest BCUT2D eigenvalue weighted by molar-refractivity contribution is 0.0983. The number of primary amides is 2. The molecule has 0 aliphatic rings. The number of aromatic nitrogens is 4. The van der Waals surface area contributed by atoms with Gasteiger partial charge in [-0.2, -0.15) is 0 Å². The average molecular weight is 248 g/mol. The Bertz CT molecular complexity index is 586. The number of carbonyl (C=O) groups excluding carboxylic acids is 3. The molecule has 0 atom stereocenters. The summed E-state index contributed by atoms with van der Waals surface area (Å²) in [4.78, 5) is 45.6. The summed E-state index contributed by atoms with van der Waals surface area (Å²) in [6.07, 6.45) is 2.32. The molecule has 0 aliphatic heterocycles. The number of rotatable bonds is 4. The maximum Gasteiger partial charge on any atom is 0.284 e. The van der Waals surface area contributed by atoms with Crippen LogP contribution < -0.4 is 11.5 Å². The first kappa shape index (κ1) is 11.5. The van der Waals surface area contributed by atoms with Gasteiger partial charge in [-0.3, -0.25) is 14.4 Å². The molecule has 9 nitrogen and oxygen atoms in total. The topological polar surface area (TPSA) is 161 Å². The van der Waals surface area contributed by atoms with E-state index in [1.807, 2.05) is 0 Å². The third-order valence-electron chi connectivity index (χ3n) is 2.11. The van der Waals surface area contributed by atoms with Gasteiger partial charge in [0.25, 0.3) is 11.8 Å². The summed E-state index contributed by atoms with van der Waals surface area (Å²) in [6.45, 7) is 0. The van der Waals surface area contributed by atoms with Crippen molar-refractivity contribution in [1.29, 1.82) is 0 Å². The minimum atomic E-state index is -0.781. The van der Waals surface area contributed by atoms with Gasteiger partial charge < -0.3 is 21.4 Å². The summed E-state index contributed by atoms with van der Waals surface area (Å²) in [5.41, 5.74) is 10.1. The Morgan fingerprint density at radius 1 is 0.889 bits per heavy atom. The highest BCUT2D eigenvalue weighted by Crippen LogP contribution is 2.06. The number of imidazole rings is 2. The highest BCUT2D eigenvalue weighted by Gasteiger charge is 2.17. The molecule has 0 saturated heterocycles. The molecule has 0 spiro atoms. The van der Waals surface area contributed by atoms with Crippen LogP contribution in [0.4, 0.5) is 0 Å². The van der Waals surface area contributed by atoms with E-state index in [9.17, 15) is 14.4 Å². The average Bonchev–Trinajstić information content (AvgIpc) is 2.97. The molecule has 2 rings (SSSR count). The fourth-order valence-corrected chi connectivity index (χ4v) is 1.27. The maximum atomic E-state index is 11.9. The third kappa shape index (κ3) is 1.96. The molecule has 0 aromatic carbocycles. The van der Waals surface area contributed by atoms with Gasteiger partial charge in [0, 0.05) is 0 Å². The molecule has 6 N–H and O–H groups in total. The molecular weight excluding hydrogens is 240 g/mol. The van der Waals surface area contributed by atoms with E-state index in [-0.39, 0.29) is 23.0 Å². The van der Waals surface area contributed by atoms with Crippen LogP contribution in [0.5, 0.6) is 0 Å². The van der Waals surface area contributed by atoms with Crippen LogP contribution in [0.2, 0.25) is 0 Å². The first-order valence-electron chi connectivity index (χ1n) is 4.73. The van der Waals surface area contributed by atoms with Crippen LogP contribution >= 0.6 is 0 Å². The maximum absolute atomic E-state index is 11.9. The number of hydrogen-bond acceptors (Lipinski definition) is 5. The lowest BCUT2D eigenvalue weighted by Crippen LogP contribution is -2.14. The Morgan fingerprint density at radius 3 is 1.56 bits per heavy atom. The second-order valence-corrected chi connectivity index (χ2v) is 3.35. The predicted molar refractivity (Wildman–Crippen MR) is 57.6 cm³/mol. The number of nitrogens with zero attached hydrogens (tertiary/aromatic N) is 2. The van der Waals surface area contributed by atoms with E-state index in [0.717, 1.165) is 12.4 Å². The summed E-state index contributed by atoms with van der Waals surface area (Å²) in [5.74, 6) is -2.34. The highest BCUT2D eigenvalue weighted by molar-refractivity contribution is 6.07. The summed E-state index contributed by atoms with van der Waals surface area (Å²) in [5, 5.41) is 0. The second kappa shape index (κ2) is 4.13. The minimum absolute atomic E-state index is 0.0449. The van der Waals surface area contributed by atoms with E-state index in [0.29, 0.717) is 0 Å². The smallest absolute Gasteiger partial charge is 0.284 e. The van der Waals surface area contributed by atoms with Crippen molar-refractivity contribution in [1.82, 2.24) is 19.9 Å². The van der Waals surface area contributed by atoms with Gasteiger partial charge in [0.1, 0.15) is 11.4 Å². The van der Waals surface area contributed by atoms with Crippen molar-refractivity contribution < 1.29 is 14.4 Å². The number of H-pyrrole nitrogens is 2. The van der Waals surface area contributed by atoms with Crippen LogP contribution in [0.3, 0.4) is 0 Å². The van der Waals surface area contributed by atoms with Crippen molar-refractivity contribution in [3.63, 3.8) is 0 Å². The number of ketones is 1. The van der Waals surface area contributed by atoms with Crippen LogP contribution in [-0.4, -0.2) is 37.5 Å². The van der Waals surface area contributed by atoms with Crippen molar-refractivity contribution in [3.05, 3.63) is 35.4 Å². The molecule has 2 aromatic rings. The van der Waals surface area contributed by atoms with E-state index < -0.39 is 17.6 Å². The first-order chi connectivity index (χ1) is 8.49. The van der Waals surface area contributed by atoms with E-state index >= 15 is 0 Å². The predicted octanol–water partition coefficient (Wildman–Crippen LogP) is -1.44. The fraction of sp³-hybridized carbons (Fsp3) is 0. The minimum Gasteiger partial charge on any atom is -0.363 e. The van der Waals surface area contributed by atoms with Gasteiger partial charge >= 0.3 is 0 Å². The summed E-state index contributed by atoms with van der Waals surface area (Å²) in [6, 6.07) is 0. The molecule has 2 aromatic heterocycles. The van der Waals surface area contributed by atoms with Crippen LogP contribution in [-0.2, 0) is 0 Å². The van der Waals surface area contributed by atoms with E-state index in [1.165, 1.54) is 0 Å². The molecule has 2 amide bonds. The molecule has 9 heteroatoms. The zero-order valence-corrected chi connectivity index (χ0v) is 8.93. The number of carbonyl (C=O) groups is 3. The van der Waals surface area contributed by atoms with Gasteiger partial charge in [0.15, 0.2) is 11.6 Å². The van der Waals surface area contributed by atoms with Crippen LogP contribution in [0.25, 0.3) is 0 Å². The Hall–Kier alpha value is -2.97. The standard InChI is InChI=1S/C9H8N6O3/c10-6(17)8-12-1-3(14-8)5(16)4-2-13-9(15-4)7(11)18/h1-2H,(H2,10,17)(H2,11,18)(H,12,14)(H,13,15). The zero-order valence-electron chi connectivity index (χ0n) is 8.93. The molecule has 0 aliphatic carbocycles. The number of aromatic amines is 2. The van der Waals surface area contributed by atoms with E-state index in [4.69, 9.17) is 11.5 Å². The van der Waals surface area contributed by atoms with E-state index in [2.05, 4.69) is 19.9 Å². The third-order valence-corrected chi connectivity index (χ3v) is 2.11. The van der Waals surface area contributed by atoms with Gasteiger partial charge in [0.2, 0.25) is 5.78 Å². The highest BCUT2D eigenvalue weighted by atomic mass is 16.2. The quantitative estimate of drug-likeness (QED) is 0.486. The monoisotopic (exact) mass is 248 g/mol. The van der Waals surface area contributed by atoms with Crippen LogP contribution in [0.1, 0.15) is 37.4 Å². The summed E-state index contributed by atoms with van der Waals surface area (Å²) in [7, 11) is 0. The Kier molecular flexibility index (Phi) is 2.64. The van der Waals surface area contributed by atoms with Crippen molar-refractivity contribution in [2.75, 3.05) is 0 Å². The fourth-order valence-electron chi connectivity index (χ4n) is 1.27. The zero-order chi connectivity index (χ0) is 13.3. The van der Waals surface area contributed by atoms with Crippen LogP contribution in [0, 0.1) is 0 Å². The van der Waals surface area contributed by atoms with Gasteiger partial charge in [-0.05, 0) is 0 Å². The lowest BCUT2D eigenvalue weighted by Gasteiger charge is -1.92. The van der Waals surface area contributed by atoms with E-state index in [1.54, 1.807) is 0 Å². The molecule has 0 radical (unpaired) electrons.